The molecular weight excluding hydrogens is 252 g/mol. The highest BCUT2D eigenvalue weighted by Crippen LogP contribution is 2.26. The van der Waals surface area contributed by atoms with Crippen LogP contribution in [0.15, 0.2) is 0 Å². The Labute approximate surface area is 123 Å². The van der Waals surface area contributed by atoms with Crippen molar-refractivity contribution in [1.29, 1.82) is 0 Å². The Bertz CT molecular complexity index is 301. The van der Waals surface area contributed by atoms with Crippen molar-refractivity contribution < 1.29 is 9.53 Å². The van der Waals surface area contributed by atoms with E-state index in [-0.39, 0.29) is 12.0 Å². The highest BCUT2D eigenvalue weighted by atomic mass is 16.5. The Morgan fingerprint density at radius 3 is 2.50 bits per heavy atom. The van der Waals surface area contributed by atoms with Gasteiger partial charge >= 0.3 is 5.97 Å². The summed E-state index contributed by atoms with van der Waals surface area (Å²) in [6, 6.07) is 0.601. The third-order valence-electron chi connectivity index (χ3n) is 4.67. The number of nitrogens with zero attached hydrogens (tertiary/aromatic N) is 2. The standard InChI is InChI=1S/C16H30N2O2/c1-3-10-17-12-8-14(9-13-17)18-11-6-5-7-15(18)16(19)20-4-2/h14-15H,3-13H2,1-2H3. The summed E-state index contributed by atoms with van der Waals surface area (Å²) in [6.07, 6.45) is 7.01. The molecule has 0 spiro atoms. The summed E-state index contributed by atoms with van der Waals surface area (Å²) in [5.41, 5.74) is 0. The fraction of sp³-hybridized carbons (Fsp3) is 0.938. The van der Waals surface area contributed by atoms with Gasteiger partial charge in [-0.2, -0.15) is 0 Å². The van der Waals surface area contributed by atoms with Crippen molar-refractivity contribution in [3.8, 4) is 0 Å². The lowest BCUT2D eigenvalue weighted by atomic mass is 9.95. The zero-order valence-corrected chi connectivity index (χ0v) is 13.1. The number of piperidine rings is 2. The average Bonchev–Trinajstić information content (AvgIpc) is 2.49. The summed E-state index contributed by atoms with van der Waals surface area (Å²) in [5, 5.41) is 0. The summed E-state index contributed by atoms with van der Waals surface area (Å²) in [7, 11) is 0. The Morgan fingerprint density at radius 1 is 1.10 bits per heavy atom. The Balaban J connectivity index is 1.90. The van der Waals surface area contributed by atoms with E-state index in [0.29, 0.717) is 12.6 Å². The van der Waals surface area contributed by atoms with E-state index in [9.17, 15) is 4.79 Å². The molecule has 2 saturated heterocycles. The van der Waals surface area contributed by atoms with Crippen molar-refractivity contribution in [1.82, 2.24) is 9.80 Å². The number of ether oxygens (including phenoxy) is 1. The van der Waals surface area contributed by atoms with Gasteiger partial charge in [0.15, 0.2) is 0 Å². The maximum atomic E-state index is 12.1. The van der Waals surface area contributed by atoms with Crippen molar-refractivity contribution in [3.05, 3.63) is 0 Å². The molecular formula is C16H30N2O2. The molecule has 0 saturated carbocycles. The van der Waals surface area contributed by atoms with Gasteiger partial charge in [0.2, 0.25) is 0 Å². The van der Waals surface area contributed by atoms with E-state index in [1.165, 1.54) is 45.3 Å². The maximum absolute atomic E-state index is 12.1. The molecule has 2 aliphatic heterocycles. The minimum atomic E-state index is 0.00295. The molecule has 0 amide bonds. The smallest absolute Gasteiger partial charge is 0.323 e. The van der Waals surface area contributed by atoms with Crippen molar-refractivity contribution in [2.75, 3.05) is 32.8 Å². The molecule has 4 nitrogen and oxygen atoms in total. The lowest BCUT2D eigenvalue weighted by molar-refractivity contribution is -0.152. The fourth-order valence-corrected chi connectivity index (χ4v) is 3.67. The fourth-order valence-electron chi connectivity index (χ4n) is 3.67. The van der Waals surface area contributed by atoms with Crippen molar-refractivity contribution in [2.45, 2.75) is 64.5 Å². The number of carbonyl (C=O) groups is 1. The second kappa shape index (κ2) is 7.99. The highest BCUT2D eigenvalue weighted by Gasteiger charge is 2.35. The Kier molecular flexibility index (Phi) is 6.30. The molecule has 1 unspecified atom stereocenters. The van der Waals surface area contributed by atoms with Gasteiger partial charge in [-0.1, -0.05) is 13.3 Å². The summed E-state index contributed by atoms with van der Waals surface area (Å²) < 4.78 is 5.27. The van der Waals surface area contributed by atoms with Crippen LogP contribution in [0.3, 0.4) is 0 Å². The van der Waals surface area contributed by atoms with Gasteiger partial charge in [0.1, 0.15) is 6.04 Å². The molecule has 0 aliphatic carbocycles. The number of likely N-dealkylation sites (tertiary alicyclic amines) is 2. The summed E-state index contributed by atoms with van der Waals surface area (Å²) >= 11 is 0. The lowest BCUT2D eigenvalue weighted by Gasteiger charge is -2.43. The molecule has 0 aromatic carbocycles. The van der Waals surface area contributed by atoms with Crippen LogP contribution in [0.4, 0.5) is 0 Å². The van der Waals surface area contributed by atoms with Gasteiger partial charge in [0.05, 0.1) is 6.61 Å². The second-order valence-corrected chi connectivity index (χ2v) is 6.07. The first-order chi connectivity index (χ1) is 9.76. The molecule has 0 bridgehead atoms. The van der Waals surface area contributed by atoms with Gasteiger partial charge in [-0.25, -0.2) is 0 Å². The first-order valence-electron chi connectivity index (χ1n) is 8.41. The minimum Gasteiger partial charge on any atom is -0.465 e. The molecule has 0 aromatic rings. The van der Waals surface area contributed by atoms with Gasteiger partial charge in [-0.15, -0.1) is 0 Å². The predicted molar refractivity (Wildman–Crippen MR) is 80.7 cm³/mol. The van der Waals surface area contributed by atoms with Crippen LogP contribution < -0.4 is 0 Å². The predicted octanol–water partition coefficient (Wildman–Crippen LogP) is 2.28. The van der Waals surface area contributed by atoms with Gasteiger partial charge < -0.3 is 9.64 Å². The first-order valence-corrected chi connectivity index (χ1v) is 8.41. The van der Waals surface area contributed by atoms with Crippen LogP contribution >= 0.6 is 0 Å². The van der Waals surface area contributed by atoms with Crippen LogP contribution in [0.2, 0.25) is 0 Å². The molecule has 1 atom stereocenters. The van der Waals surface area contributed by atoms with Crippen LogP contribution in [-0.4, -0.2) is 60.6 Å². The Morgan fingerprint density at radius 2 is 1.85 bits per heavy atom. The molecule has 2 rings (SSSR count). The largest absolute Gasteiger partial charge is 0.465 e. The molecule has 0 aromatic heterocycles. The van der Waals surface area contributed by atoms with Crippen molar-refractivity contribution >= 4 is 5.97 Å². The van der Waals surface area contributed by atoms with Crippen molar-refractivity contribution in [3.63, 3.8) is 0 Å². The second-order valence-electron chi connectivity index (χ2n) is 6.07. The molecule has 116 valence electrons. The maximum Gasteiger partial charge on any atom is 0.323 e. The Hall–Kier alpha value is -0.610. The van der Waals surface area contributed by atoms with E-state index < -0.39 is 0 Å². The number of hydrogen-bond acceptors (Lipinski definition) is 4. The minimum absolute atomic E-state index is 0.00295. The summed E-state index contributed by atoms with van der Waals surface area (Å²) in [6.45, 7) is 9.30. The first kappa shape index (κ1) is 15.8. The lowest BCUT2D eigenvalue weighted by Crippen LogP contribution is -2.54. The van der Waals surface area contributed by atoms with E-state index in [1.807, 2.05) is 6.92 Å². The summed E-state index contributed by atoms with van der Waals surface area (Å²) in [5.74, 6) is 0.00295. The monoisotopic (exact) mass is 282 g/mol. The van der Waals surface area contributed by atoms with Crippen LogP contribution in [-0.2, 0) is 9.53 Å². The number of rotatable bonds is 5. The topological polar surface area (TPSA) is 32.8 Å². The molecule has 0 radical (unpaired) electrons. The average molecular weight is 282 g/mol. The quantitative estimate of drug-likeness (QED) is 0.724. The van der Waals surface area contributed by atoms with Gasteiger partial charge in [0.25, 0.3) is 0 Å². The third-order valence-corrected chi connectivity index (χ3v) is 4.67. The zero-order valence-electron chi connectivity index (χ0n) is 13.1. The molecule has 4 heteroatoms. The summed E-state index contributed by atoms with van der Waals surface area (Å²) in [4.78, 5) is 17.1. The molecule has 2 aliphatic rings. The van der Waals surface area contributed by atoms with Crippen LogP contribution in [0.5, 0.6) is 0 Å². The SMILES string of the molecule is CCCN1CCC(N2CCCCC2C(=O)OCC)CC1. The number of esters is 1. The zero-order chi connectivity index (χ0) is 14.4. The van der Waals surface area contributed by atoms with Crippen LogP contribution in [0.1, 0.15) is 52.4 Å². The van der Waals surface area contributed by atoms with E-state index in [0.717, 1.165) is 19.4 Å². The van der Waals surface area contributed by atoms with Gasteiger partial charge in [0, 0.05) is 6.04 Å². The number of carbonyl (C=O) groups excluding carboxylic acids is 1. The molecule has 0 N–H and O–H groups in total. The van der Waals surface area contributed by atoms with Gasteiger partial charge in [-0.3, -0.25) is 9.69 Å². The molecule has 20 heavy (non-hydrogen) atoms. The highest BCUT2D eigenvalue weighted by molar-refractivity contribution is 5.75. The molecule has 2 fully saturated rings. The van der Waals surface area contributed by atoms with E-state index in [4.69, 9.17) is 4.74 Å². The van der Waals surface area contributed by atoms with E-state index >= 15 is 0 Å². The van der Waals surface area contributed by atoms with Crippen LogP contribution in [0, 0.1) is 0 Å². The van der Waals surface area contributed by atoms with Gasteiger partial charge in [-0.05, 0) is 65.2 Å². The number of hydrogen-bond donors (Lipinski definition) is 0. The van der Waals surface area contributed by atoms with Crippen LogP contribution in [0.25, 0.3) is 0 Å². The normalized spacial score (nSPS) is 26.6. The third kappa shape index (κ3) is 3.95. The molecule has 2 heterocycles. The van der Waals surface area contributed by atoms with E-state index in [2.05, 4.69) is 16.7 Å². The van der Waals surface area contributed by atoms with Crippen molar-refractivity contribution in [2.24, 2.45) is 0 Å². The van der Waals surface area contributed by atoms with E-state index in [1.54, 1.807) is 0 Å².